The lowest BCUT2D eigenvalue weighted by molar-refractivity contribution is -0.384. The monoisotopic (exact) mass is 208 g/mol. The topological polar surface area (TPSA) is 55.2 Å². The summed E-state index contributed by atoms with van der Waals surface area (Å²) in [5, 5.41) is 13.8. The fourth-order valence-electron chi connectivity index (χ4n) is 1.29. The number of benzene rings is 1. The summed E-state index contributed by atoms with van der Waals surface area (Å²) in [6.07, 6.45) is 0. The molecular weight excluding hydrogens is 192 g/mol. The number of nitrogens with zero attached hydrogens (tertiary/aromatic N) is 1. The summed E-state index contributed by atoms with van der Waals surface area (Å²) in [6.45, 7) is 5.85. The number of nitrogens with one attached hydrogen (secondary N) is 1. The van der Waals surface area contributed by atoms with Gasteiger partial charge in [-0.2, -0.15) is 0 Å². The molecule has 0 aliphatic heterocycles. The van der Waals surface area contributed by atoms with Crippen LogP contribution in [0.25, 0.3) is 0 Å². The molecule has 15 heavy (non-hydrogen) atoms. The van der Waals surface area contributed by atoms with Gasteiger partial charge < -0.3 is 5.32 Å². The normalized spacial score (nSPS) is 10.6. The molecule has 0 saturated heterocycles. The number of hydrogen-bond acceptors (Lipinski definition) is 3. The maximum atomic E-state index is 10.5. The lowest BCUT2D eigenvalue weighted by atomic mass is 10.2. The SMILES string of the molecule is CC(C)CNCc1cccc([N+](=O)[O-])c1. The summed E-state index contributed by atoms with van der Waals surface area (Å²) in [5.41, 5.74) is 1.10. The van der Waals surface area contributed by atoms with E-state index in [0.717, 1.165) is 12.1 Å². The summed E-state index contributed by atoms with van der Waals surface area (Å²) < 4.78 is 0. The number of hydrogen-bond donors (Lipinski definition) is 1. The molecule has 1 rings (SSSR count). The third-order valence-corrected chi connectivity index (χ3v) is 2.00. The molecule has 0 bridgehead atoms. The zero-order valence-corrected chi connectivity index (χ0v) is 9.06. The van der Waals surface area contributed by atoms with Gasteiger partial charge in [-0.05, 0) is 18.0 Å². The Balaban J connectivity index is 2.54. The predicted octanol–water partition coefficient (Wildman–Crippen LogP) is 2.34. The Kier molecular flexibility index (Phi) is 4.24. The van der Waals surface area contributed by atoms with Crippen molar-refractivity contribution in [2.75, 3.05) is 6.54 Å². The highest BCUT2D eigenvalue weighted by molar-refractivity contribution is 5.34. The van der Waals surface area contributed by atoms with Gasteiger partial charge in [0.15, 0.2) is 0 Å². The van der Waals surface area contributed by atoms with Crippen LogP contribution >= 0.6 is 0 Å². The van der Waals surface area contributed by atoms with Gasteiger partial charge in [-0.3, -0.25) is 10.1 Å². The van der Waals surface area contributed by atoms with E-state index in [1.54, 1.807) is 12.1 Å². The number of nitro groups is 1. The fraction of sp³-hybridized carbons (Fsp3) is 0.455. The molecule has 0 radical (unpaired) electrons. The van der Waals surface area contributed by atoms with E-state index in [9.17, 15) is 10.1 Å². The first-order valence-electron chi connectivity index (χ1n) is 5.03. The van der Waals surface area contributed by atoms with Crippen LogP contribution in [0.15, 0.2) is 24.3 Å². The minimum absolute atomic E-state index is 0.152. The molecule has 0 aliphatic carbocycles. The second kappa shape index (κ2) is 5.46. The molecule has 0 spiro atoms. The molecular formula is C11H16N2O2. The molecule has 0 amide bonds. The summed E-state index contributed by atoms with van der Waals surface area (Å²) in [5.74, 6) is 0.587. The van der Waals surface area contributed by atoms with Gasteiger partial charge in [-0.15, -0.1) is 0 Å². The number of non-ortho nitro benzene ring substituents is 1. The highest BCUT2D eigenvalue weighted by Gasteiger charge is 2.04. The molecule has 82 valence electrons. The smallest absolute Gasteiger partial charge is 0.269 e. The van der Waals surface area contributed by atoms with Crippen molar-refractivity contribution in [2.45, 2.75) is 20.4 Å². The maximum Gasteiger partial charge on any atom is 0.269 e. The fourth-order valence-corrected chi connectivity index (χ4v) is 1.29. The molecule has 4 heteroatoms. The minimum Gasteiger partial charge on any atom is -0.312 e. The Hall–Kier alpha value is -1.42. The van der Waals surface area contributed by atoms with E-state index in [-0.39, 0.29) is 10.6 Å². The van der Waals surface area contributed by atoms with Crippen LogP contribution in [0.1, 0.15) is 19.4 Å². The average molecular weight is 208 g/mol. The minimum atomic E-state index is -0.369. The van der Waals surface area contributed by atoms with Gasteiger partial charge in [0.25, 0.3) is 5.69 Å². The van der Waals surface area contributed by atoms with Crippen LogP contribution in [0, 0.1) is 16.0 Å². The molecule has 1 aromatic rings. The van der Waals surface area contributed by atoms with Crippen LogP contribution in [0.5, 0.6) is 0 Å². The third kappa shape index (κ3) is 4.08. The van der Waals surface area contributed by atoms with E-state index in [1.165, 1.54) is 6.07 Å². The maximum absolute atomic E-state index is 10.5. The van der Waals surface area contributed by atoms with E-state index in [1.807, 2.05) is 6.07 Å². The second-order valence-corrected chi connectivity index (χ2v) is 3.95. The van der Waals surface area contributed by atoms with Crippen molar-refractivity contribution in [2.24, 2.45) is 5.92 Å². The lowest BCUT2D eigenvalue weighted by Gasteiger charge is -2.06. The Bertz CT molecular complexity index is 337. The van der Waals surface area contributed by atoms with Crippen molar-refractivity contribution in [1.29, 1.82) is 0 Å². The molecule has 1 aromatic carbocycles. The lowest BCUT2D eigenvalue weighted by Crippen LogP contribution is -2.18. The van der Waals surface area contributed by atoms with Crippen LogP contribution in [-0.2, 0) is 6.54 Å². The molecule has 0 unspecified atom stereocenters. The van der Waals surface area contributed by atoms with Crippen LogP contribution in [-0.4, -0.2) is 11.5 Å². The first kappa shape index (κ1) is 11.7. The number of nitro benzene ring substituents is 1. The van der Waals surface area contributed by atoms with Crippen molar-refractivity contribution in [3.05, 3.63) is 39.9 Å². The van der Waals surface area contributed by atoms with Gasteiger partial charge in [0, 0.05) is 18.7 Å². The van der Waals surface area contributed by atoms with Crippen LogP contribution in [0.2, 0.25) is 0 Å². The molecule has 0 saturated carbocycles. The summed E-state index contributed by atoms with van der Waals surface area (Å²) in [6, 6.07) is 6.71. The number of rotatable bonds is 5. The van der Waals surface area contributed by atoms with Gasteiger partial charge >= 0.3 is 0 Å². The Labute approximate surface area is 89.5 Å². The van der Waals surface area contributed by atoms with Crippen molar-refractivity contribution in [3.63, 3.8) is 0 Å². The predicted molar refractivity (Wildman–Crippen MR) is 59.6 cm³/mol. The highest BCUT2D eigenvalue weighted by Crippen LogP contribution is 2.12. The first-order valence-corrected chi connectivity index (χ1v) is 5.03. The van der Waals surface area contributed by atoms with Crippen LogP contribution in [0.4, 0.5) is 5.69 Å². The van der Waals surface area contributed by atoms with Crippen LogP contribution < -0.4 is 5.32 Å². The average Bonchev–Trinajstić information content (AvgIpc) is 2.17. The van der Waals surface area contributed by atoms with Crippen molar-refractivity contribution in [1.82, 2.24) is 5.32 Å². The molecule has 4 nitrogen and oxygen atoms in total. The largest absolute Gasteiger partial charge is 0.312 e. The van der Waals surface area contributed by atoms with Crippen molar-refractivity contribution < 1.29 is 4.92 Å². The van der Waals surface area contributed by atoms with Gasteiger partial charge in [-0.25, -0.2) is 0 Å². The summed E-state index contributed by atoms with van der Waals surface area (Å²) in [4.78, 5) is 10.2. The quantitative estimate of drug-likeness (QED) is 0.597. The van der Waals surface area contributed by atoms with Gasteiger partial charge in [0.2, 0.25) is 0 Å². The Morgan fingerprint density at radius 2 is 2.20 bits per heavy atom. The van der Waals surface area contributed by atoms with Crippen molar-refractivity contribution >= 4 is 5.69 Å². The standard InChI is InChI=1S/C11H16N2O2/c1-9(2)7-12-8-10-4-3-5-11(6-10)13(14)15/h3-6,9,12H,7-8H2,1-2H3. The summed E-state index contributed by atoms with van der Waals surface area (Å²) >= 11 is 0. The Morgan fingerprint density at radius 3 is 2.80 bits per heavy atom. The van der Waals surface area contributed by atoms with E-state index in [4.69, 9.17) is 0 Å². The molecule has 0 aromatic heterocycles. The zero-order valence-electron chi connectivity index (χ0n) is 9.06. The van der Waals surface area contributed by atoms with Crippen molar-refractivity contribution in [3.8, 4) is 0 Å². The van der Waals surface area contributed by atoms with E-state index < -0.39 is 0 Å². The third-order valence-electron chi connectivity index (χ3n) is 2.00. The Morgan fingerprint density at radius 1 is 1.47 bits per heavy atom. The zero-order chi connectivity index (χ0) is 11.3. The molecule has 0 heterocycles. The summed E-state index contributed by atoms with van der Waals surface area (Å²) in [7, 11) is 0. The molecule has 0 fully saturated rings. The van der Waals surface area contributed by atoms with E-state index in [0.29, 0.717) is 12.5 Å². The highest BCUT2D eigenvalue weighted by atomic mass is 16.6. The van der Waals surface area contributed by atoms with Crippen LogP contribution in [0.3, 0.4) is 0 Å². The second-order valence-electron chi connectivity index (χ2n) is 3.95. The van der Waals surface area contributed by atoms with Gasteiger partial charge in [-0.1, -0.05) is 26.0 Å². The first-order chi connectivity index (χ1) is 7.09. The van der Waals surface area contributed by atoms with Gasteiger partial charge in [0.1, 0.15) is 0 Å². The van der Waals surface area contributed by atoms with E-state index in [2.05, 4.69) is 19.2 Å². The van der Waals surface area contributed by atoms with E-state index >= 15 is 0 Å². The van der Waals surface area contributed by atoms with Gasteiger partial charge in [0.05, 0.1) is 4.92 Å². The molecule has 0 atom stereocenters. The molecule has 0 aliphatic rings. The molecule has 1 N–H and O–H groups in total.